The Hall–Kier alpha value is -2.10. The molecular weight excluding hydrogens is 262 g/mol. The monoisotopic (exact) mass is 283 g/mol. The quantitative estimate of drug-likeness (QED) is 0.850. The molecule has 1 aliphatic heterocycles. The van der Waals surface area contributed by atoms with Crippen LogP contribution < -0.4 is 0 Å². The Morgan fingerprint density at radius 1 is 1.38 bits per heavy atom. The molecule has 3 rings (SSSR count). The van der Waals surface area contributed by atoms with Gasteiger partial charge in [-0.05, 0) is 25.3 Å². The van der Waals surface area contributed by atoms with E-state index in [9.17, 15) is 4.79 Å². The minimum atomic E-state index is 0.0490. The molecule has 4 nitrogen and oxygen atoms in total. The Labute approximate surface area is 125 Å². The summed E-state index contributed by atoms with van der Waals surface area (Å²) in [4.78, 5) is 18.6. The molecule has 1 aromatic carbocycles. The first-order valence-corrected chi connectivity index (χ1v) is 7.47. The molecule has 1 aliphatic rings. The molecule has 1 fully saturated rings. The number of piperidine rings is 1. The minimum absolute atomic E-state index is 0.0490. The van der Waals surface area contributed by atoms with Crippen molar-refractivity contribution in [2.45, 2.75) is 25.7 Å². The molecule has 1 amide bonds. The van der Waals surface area contributed by atoms with Crippen LogP contribution in [0.5, 0.6) is 0 Å². The normalized spacial score (nSPS) is 18.8. The van der Waals surface area contributed by atoms with Gasteiger partial charge in [-0.15, -0.1) is 0 Å². The first-order valence-electron chi connectivity index (χ1n) is 7.47. The maximum atomic E-state index is 12.5. The summed E-state index contributed by atoms with van der Waals surface area (Å²) < 4.78 is 1.81. The van der Waals surface area contributed by atoms with Gasteiger partial charge in [0.15, 0.2) is 0 Å². The van der Waals surface area contributed by atoms with Gasteiger partial charge in [0.05, 0.1) is 6.33 Å². The van der Waals surface area contributed by atoms with Gasteiger partial charge in [-0.25, -0.2) is 4.98 Å². The highest BCUT2D eigenvalue weighted by Crippen LogP contribution is 2.28. The molecule has 1 aromatic heterocycles. The van der Waals surface area contributed by atoms with Crippen LogP contribution in [0.1, 0.15) is 40.4 Å². The lowest BCUT2D eigenvalue weighted by molar-refractivity contribution is 0.0701. The molecule has 2 heterocycles. The lowest BCUT2D eigenvalue weighted by Gasteiger charge is -2.32. The van der Waals surface area contributed by atoms with E-state index in [-0.39, 0.29) is 5.91 Å². The summed E-state index contributed by atoms with van der Waals surface area (Å²) in [7, 11) is 1.88. The van der Waals surface area contributed by atoms with E-state index in [2.05, 4.69) is 36.2 Å². The number of hydrogen-bond donors (Lipinski definition) is 0. The first kappa shape index (κ1) is 13.9. The standard InChI is InChI=1S/C17H21N3O/c1-13-5-3-6-14(9-13)15-7-4-8-20(10-15)17(21)16-11-19(2)12-18-16/h3,5-6,9,11-12,15H,4,7-8,10H2,1-2H3/t15-/m1/s1. The van der Waals surface area contributed by atoms with Crippen molar-refractivity contribution in [3.8, 4) is 0 Å². The summed E-state index contributed by atoms with van der Waals surface area (Å²) >= 11 is 0. The van der Waals surface area contributed by atoms with Crippen molar-refractivity contribution in [1.29, 1.82) is 0 Å². The van der Waals surface area contributed by atoms with Crippen molar-refractivity contribution in [1.82, 2.24) is 14.5 Å². The van der Waals surface area contributed by atoms with Gasteiger partial charge in [-0.3, -0.25) is 4.79 Å². The van der Waals surface area contributed by atoms with E-state index in [1.807, 2.05) is 16.5 Å². The SMILES string of the molecule is Cc1cccc([C@@H]2CCCN(C(=O)c3cn(C)cn3)C2)c1. The summed E-state index contributed by atoms with van der Waals surface area (Å²) in [6, 6.07) is 8.62. The fourth-order valence-electron chi connectivity index (χ4n) is 3.04. The van der Waals surface area contributed by atoms with E-state index in [0.717, 1.165) is 25.9 Å². The molecule has 110 valence electrons. The molecule has 2 aromatic rings. The van der Waals surface area contributed by atoms with Gasteiger partial charge >= 0.3 is 0 Å². The van der Waals surface area contributed by atoms with Crippen molar-refractivity contribution in [2.24, 2.45) is 7.05 Å². The number of rotatable bonds is 2. The molecule has 0 radical (unpaired) electrons. The van der Waals surface area contributed by atoms with Gasteiger partial charge in [0, 0.05) is 32.3 Å². The second-order valence-electron chi connectivity index (χ2n) is 5.93. The molecule has 0 saturated carbocycles. The Kier molecular flexibility index (Phi) is 3.78. The van der Waals surface area contributed by atoms with E-state index in [1.165, 1.54) is 11.1 Å². The third kappa shape index (κ3) is 2.99. The summed E-state index contributed by atoms with van der Waals surface area (Å²) in [6.45, 7) is 3.74. The maximum Gasteiger partial charge on any atom is 0.274 e. The second-order valence-corrected chi connectivity index (χ2v) is 5.93. The van der Waals surface area contributed by atoms with Gasteiger partial charge in [0.1, 0.15) is 5.69 Å². The molecule has 0 spiro atoms. The number of likely N-dealkylation sites (tertiary alicyclic amines) is 1. The summed E-state index contributed by atoms with van der Waals surface area (Å²) in [5.74, 6) is 0.485. The van der Waals surface area contributed by atoms with Crippen molar-refractivity contribution in [2.75, 3.05) is 13.1 Å². The predicted octanol–water partition coefficient (Wildman–Crippen LogP) is 2.75. The highest BCUT2D eigenvalue weighted by Gasteiger charge is 2.26. The Bertz CT molecular complexity index is 647. The average molecular weight is 283 g/mol. The number of aromatic nitrogens is 2. The van der Waals surface area contributed by atoms with Gasteiger partial charge in [-0.1, -0.05) is 29.8 Å². The molecule has 0 aliphatic carbocycles. The van der Waals surface area contributed by atoms with Crippen LogP contribution in [0.2, 0.25) is 0 Å². The summed E-state index contributed by atoms with van der Waals surface area (Å²) in [5.41, 5.74) is 3.16. The largest absolute Gasteiger partial charge is 0.340 e. The molecule has 0 bridgehead atoms. The highest BCUT2D eigenvalue weighted by atomic mass is 16.2. The van der Waals surface area contributed by atoms with Crippen LogP contribution in [-0.2, 0) is 7.05 Å². The van der Waals surface area contributed by atoms with E-state index in [0.29, 0.717) is 11.6 Å². The molecule has 0 unspecified atom stereocenters. The molecule has 1 saturated heterocycles. The first-order chi connectivity index (χ1) is 10.1. The van der Waals surface area contributed by atoms with Crippen molar-refractivity contribution in [3.63, 3.8) is 0 Å². The smallest absolute Gasteiger partial charge is 0.274 e. The van der Waals surface area contributed by atoms with Crippen molar-refractivity contribution < 1.29 is 4.79 Å². The number of carbonyl (C=O) groups is 1. The Balaban J connectivity index is 1.75. The van der Waals surface area contributed by atoms with E-state index < -0.39 is 0 Å². The fraction of sp³-hybridized carbons (Fsp3) is 0.412. The third-order valence-electron chi connectivity index (χ3n) is 4.15. The summed E-state index contributed by atoms with van der Waals surface area (Å²) in [6.07, 6.45) is 5.67. The Morgan fingerprint density at radius 3 is 2.95 bits per heavy atom. The lowest BCUT2D eigenvalue weighted by atomic mass is 9.90. The van der Waals surface area contributed by atoms with Crippen LogP contribution >= 0.6 is 0 Å². The third-order valence-corrected chi connectivity index (χ3v) is 4.15. The maximum absolute atomic E-state index is 12.5. The van der Waals surface area contributed by atoms with E-state index >= 15 is 0 Å². The zero-order chi connectivity index (χ0) is 14.8. The number of benzene rings is 1. The number of hydrogen-bond acceptors (Lipinski definition) is 2. The van der Waals surface area contributed by atoms with Gasteiger partial charge in [0.2, 0.25) is 0 Å². The number of aryl methyl sites for hydroxylation is 2. The number of carbonyl (C=O) groups excluding carboxylic acids is 1. The van der Waals surface area contributed by atoms with Crippen molar-refractivity contribution in [3.05, 3.63) is 53.6 Å². The average Bonchev–Trinajstić information content (AvgIpc) is 2.93. The zero-order valence-electron chi connectivity index (χ0n) is 12.6. The molecule has 21 heavy (non-hydrogen) atoms. The minimum Gasteiger partial charge on any atom is -0.340 e. The van der Waals surface area contributed by atoms with Crippen LogP contribution in [0.3, 0.4) is 0 Å². The van der Waals surface area contributed by atoms with Crippen molar-refractivity contribution >= 4 is 5.91 Å². The van der Waals surface area contributed by atoms with Gasteiger partial charge in [-0.2, -0.15) is 0 Å². The number of nitrogens with zero attached hydrogens (tertiary/aromatic N) is 3. The molecular formula is C17H21N3O. The van der Waals surface area contributed by atoms with Gasteiger partial charge < -0.3 is 9.47 Å². The van der Waals surface area contributed by atoms with Crippen LogP contribution in [0.25, 0.3) is 0 Å². The Morgan fingerprint density at radius 2 is 2.24 bits per heavy atom. The molecule has 1 atom stereocenters. The van der Waals surface area contributed by atoms with E-state index in [4.69, 9.17) is 0 Å². The lowest BCUT2D eigenvalue weighted by Crippen LogP contribution is -2.39. The zero-order valence-corrected chi connectivity index (χ0v) is 12.6. The van der Waals surface area contributed by atoms with Crippen LogP contribution in [0, 0.1) is 6.92 Å². The summed E-state index contributed by atoms with van der Waals surface area (Å²) in [5, 5.41) is 0. The van der Waals surface area contributed by atoms with Crippen LogP contribution in [0.4, 0.5) is 0 Å². The molecule has 0 N–H and O–H groups in total. The van der Waals surface area contributed by atoms with Crippen LogP contribution in [-0.4, -0.2) is 33.4 Å². The topological polar surface area (TPSA) is 38.1 Å². The van der Waals surface area contributed by atoms with E-state index in [1.54, 1.807) is 12.5 Å². The van der Waals surface area contributed by atoms with Gasteiger partial charge in [0.25, 0.3) is 5.91 Å². The molecule has 4 heteroatoms. The highest BCUT2D eigenvalue weighted by molar-refractivity contribution is 5.92. The fourth-order valence-corrected chi connectivity index (χ4v) is 3.04. The second kappa shape index (κ2) is 5.72. The predicted molar refractivity (Wildman–Crippen MR) is 82.3 cm³/mol. The number of amides is 1. The van der Waals surface area contributed by atoms with Crippen LogP contribution in [0.15, 0.2) is 36.8 Å². The number of imidazole rings is 1.